The van der Waals surface area contributed by atoms with Crippen LogP contribution in [-0.4, -0.2) is 6.61 Å². The van der Waals surface area contributed by atoms with E-state index in [0.717, 1.165) is 18.4 Å². The van der Waals surface area contributed by atoms with Crippen LogP contribution >= 0.6 is 39.1 Å². The molecule has 1 aromatic carbocycles. The van der Waals surface area contributed by atoms with Crippen molar-refractivity contribution in [2.45, 2.75) is 38.4 Å². The monoisotopic (exact) mass is 352 g/mol. The van der Waals surface area contributed by atoms with E-state index in [-0.39, 0.29) is 4.83 Å². The van der Waals surface area contributed by atoms with Gasteiger partial charge in [0.15, 0.2) is 0 Å². The molecule has 0 fully saturated rings. The molecule has 0 radical (unpaired) electrons. The van der Waals surface area contributed by atoms with Gasteiger partial charge < -0.3 is 4.74 Å². The zero-order valence-electron chi connectivity index (χ0n) is 11.0. The van der Waals surface area contributed by atoms with E-state index in [2.05, 4.69) is 29.8 Å². The molecule has 18 heavy (non-hydrogen) atoms. The summed E-state index contributed by atoms with van der Waals surface area (Å²) in [5.41, 5.74) is 1.03. The Hall–Kier alpha value is 0.0800. The van der Waals surface area contributed by atoms with Crippen LogP contribution in [0, 0.1) is 5.92 Å². The summed E-state index contributed by atoms with van der Waals surface area (Å²) in [6.07, 6.45) is 2.19. The Balaban J connectivity index is 2.86. The molecule has 1 nitrogen and oxygen atoms in total. The highest BCUT2D eigenvalue weighted by Crippen LogP contribution is 2.39. The number of rotatable bonds is 6. The van der Waals surface area contributed by atoms with Gasteiger partial charge in [0.2, 0.25) is 0 Å². The van der Waals surface area contributed by atoms with Crippen LogP contribution in [0.1, 0.15) is 44.0 Å². The van der Waals surface area contributed by atoms with Gasteiger partial charge in [0.05, 0.1) is 11.6 Å². The van der Waals surface area contributed by atoms with Crippen LogP contribution in [0.4, 0.5) is 0 Å². The third kappa shape index (κ3) is 4.64. The highest BCUT2D eigenvalue weighted by Gasteiger charge is 2.15. The predicted molar refractivity (Wildman–Crippen MR) is 83.4 cm³/mol. The van der Waals surface area contributed by atoms with Crippen LogP contribution in [0.5, 0.6) is 5.75 Å². The van der Waals surface area contributed by atoms with Crippen molar-refractivity contribution in [3.05, 3.63) is 27.7 Å². The van der Waals surface area contributed by atoms with Gasteiger partial charge in [0.25, 0.3) is 0 Å². The van der Waals surface area contributed by atoms with Crippen LogP contribution in [0.25, 0.3) is 0 Å². The van der Waals surface area contributed by atoms with Crippen molar-refractivity contribution in [3.8, 4) is 5.75 Å². The van der Waals surface area contributed by atoms with Gasteiger partial charge in [0, 0.05) is 15.9 Å². The van der Waals surface area contributed by atoms with Crippen LogP contribution in [0.3, 0.4) is 0 Å². The van der Waals surface area contributed by atoms with E-state index in [4.69, 9.17) is 27.9 Å². The standard InChI is InChI=1S/C14H19BrCl2O/c1-4-18-14-8-12(16)10(7-13(14)17)11(15)6-5-9(2)3/h7-9,11H,4-6H2,1-3H3. The minimum Gasteiger partial charge on any atom is -0.492 e. The van der Waals surface area contributed by atoms with E-state index in [1.807, 2.05) is 13.0 Å². The SMILES string of the molecule is CCOc1cc(Cl)c(C(Br)CCC(C)C)cc1Cl. The molecule has 0 spiro atoms. The zero-order chi connectivity index (χ0) is 13.7. The number of hydrogen-bond donors (Lipinski definition) is 0. The molecule has 1 aromatic rings. The molecule has 0 heterocycles. The predicted octanol–water partition coefficient (Wildman–Crippen LogP) is 6.26. The average Bonchev–Trinajstić information content (AvgIpc) is 2.30. The van der Waals surface area contributed by atoms with E-state index in [9.17, 15) is 0 Å². The number of ether oxygens (including phenoxy) is 1. The first-order chi connectivity index (χ1) is 8.45. The second-order valence-corrected chi connectivity index (χ2v) is 6.60. The molecular weight excluding hydrogens is 335 g/mol. The van der Waals surface area contributed by atoms with Crippen LogP contribution in [0.15, 0.2) is 12.1 Å². The van der Waals surface area contributed by atoms with E-state index in [0.29, 0.717) is 28.3 Å². The molecule has 0 aliphatic rings. The van der Waals surface area contributed by atoms with Gasteiger partial charge in [-0.15, -0.1) is 0 Å². The van der Waals surface area contributed by atoms with Crippen molar-refractivity contribution < 1.29 is 4.74 Å². The topological polar surface area (TPSA) is 9.23 Å². The Kier molecular flexibility index (Phi) is 6.83. The zero-order valence-corrected chi connectivity index (χ0v) is 14.1. The Labute approximate surface area is 128 Å². The molecule has 1 atom stereocenters. The lowest BCUT2D eigenvalue weighted by Gasteiger charge is -2.15. The fraction of sp³-hybridized carbons (Fsp3) is 0.571. The molecule has 0 saturated carbocycles. The Morgan fingerprint density at radius 2 is 1.83 bits per heavy atom. The van der Waals surface area contributed by atoms with Crippen LogP contribution in [0.2, 0.25) is 10.0 Å². The second-order valence-electron chi connectivity index (χ2n) is 4.68. The van der Waals surface area contributed by atoms with Gasteiger partial charge >= 0.3 is 0 Å². The van der Waals surface area contributed by atoms with Crippen molar-refractivity contribution in [1.29, 1.82) is 0 Å². The fourth-order valence-corrected chi connectivity index (χ4v) is 2.97. The first kappa shape index (κ1) is 16.1. The minimum atomic E-state index is 0.237. The third-order valence-electron chi connectivity index (χ3n) is 2.69. The van der Waals surface area contributed by atoms with Gasteiger partial charge in [-0.1, -0.05) is 53.0 Å². The maximum Gasteiger partial charge on any atom is 0.139 e. The van der Waals surface area contributed by atoms with E-state index in [1.54, 1.807) is 6.07 Å². The van der Waals surface area contributed by atoms with E-state index >= 15 is 0 Å². The number of benzene rings is 1. The molecular formula is C14H19BrCl2O. The Bertz CT molecular complexity index is 394. The maximum absolute atomic E-state index is 6.28. The van der Waals surface area contributed by atoms with E-state index in [1.165, 1.54) is 0 Å². The minimum absolute atomic E-state index is 0.237. The van der Waals surface area contributed by atoms with Crippen molar-refractivity contribution >= 4 is 39.1 Å². The number of hydrogen-bond acceptors (Lipinski definition) is 1. The first-order valence-electron chi connectivity index (χ1n) is 6.21. The quantitative estimate of drug-likeness (QED) is 0.548. The summed E-state index contributed by atoms with van der Waals surface area (Å²) in [6, 6.07) is 3.70. The van der Waals surface area contributed by atoms with Gasteiger partial charge in [-0.25, -0.2) is 0 Å². The third-order valence-corrected chi connectivity index (χ3v) is 4.26. The maximum atomic E-state index is 6.28. The molecule has 0 bridgehead atoms. The Morgan fingerprint density at radius 3 is 2.39 bits per heavy atom. The molecule has 0 aliphatic carbocycles. The van der Waals surface area contributed by atoms with Gasteiger partial charge in [-0.2, -0.15) is 0 Å². The summed E-state index contributed by atoms with van der Waals surface area (Å²) in [7, 11) is 0. The van der Waals surface area contributed by atoms with E-state index < -0.39 is 0 Å². The summed E-state index contributed by atoms with van der Waals surface area (Å²) < 4.78 is 5.42. The second kappa shape index (κ2) is 7.62. The number of alkyl halides is 1. The summed E-state index contributed by atoms with van der Waals surface area (Å²) in [4.78, 5) is 0.237. The highest BCUT2D eigenvalue weighted by atomic mass is 79.9. The first-order valence-corrected chi connectivity index (χ1v) is 7.88. The van der Waals surface area contributed by atoms with Gasteiger partial charge in [-0.05, 0) is 37.3 Å². The molecule has 1 rings (SSSR count). The lowest BCUT2D eigenvalue weighted by Crippen LogP contribution is -1.98. The lowest BCUT2D eigenvalue weighted by atomic mass is 10.0. The van der Waals surface area contributed by atoms with Gasteiger partial charge in [-0.3, -0.25) is 0 Å². The number of halogens is 3. The smallest absolute Gasteiger partial charge is 0.139 e. The summed E-state index contributed by atoms with van der Waals surface area (Å²) in [5.74, 6) is 1.33. The summed E-state index contributed by atoms with van der Waals surface area (Å²) >= 11 is 16.1. The fourth-order valence-electron chi connectivity index (χ4n) is 1.69. The van der Waals surface area contributed by atoms with Crippen LogP contribution < -0.4 is 4.74 Å². The summed E-state index contributed by atoms with van der Waals surface area (Å²) in [6.45, 7) is 6.94. The molecule has 0 aromatic heterocycles. The highest BCUT2D eigenvalue weighted by molar-refractivity contribution is 9.09. The van der Waals surface area contributed by atoms with Crippen molar-refractivity contribution in [1.82, 2.24) is 0 Å². The van der Waals surface area contributed by atoms with Crippen molar-refractivity contribution in [2.75, 3.05) is 6.61 Å². The molecule has 4 heteroatoms. The molecule has 102 valence electrons. The normalized spacial score (nSPS) is 12.8. The lowest BCUT2D eigenvalue weighted by molar-refractivity contribution is 0.340. The Morgan fingerprint density at radius 1 is 1.17 bits per heavy atom. The van der Waals surface area contributed by atoms with Crippen molar-refractivity contribution in [3.63, 3.8) is 0 Å². The van der Waals surface area contributed by atoms with Gasteiger partial charge in [0.1, 0.15) is 5.75 Å². The molecule has 0 aliphatic heterocycles. The van der Waals surface area contributed by atoms with Crippen LogP contribution in [-0.2, 0) is 0 Å². The largest absolute Gasteiger partial charge is 0.492 e. The molecule has 1 unspecified atom stereocenters. The molecule has 0 amide bonds. The molecule has 0 saturated heterocycles. The van der Waals surface area contributed by atoms with Crippen molar-refractivity contribution in [2.24, 2.45) is 5.92 Å². The summed E-state index contributed by atoms with van der Waals surface area (Å²) in [5, 5.41) is 1.32. The molecule has 0 N–H and O–H groups in total. The average molecular weight is 354 g/mol.